The minimum atomic E-state index is -0.647. The maximum Gasteiger partial charge on any atom is 0.278 e. The van der Waals surface area contributed by atoms with E-state index in [1.165, 1.54) is 12.1 Å². The van der Waals surface area contributed by atoms with Crippen LogP contribution in [0.1, 0.15) is 18.5 Å². The lowest BCUT2D eigenvalue weighted by Gasteiger charge is -2.15. The predicted molar refractivity (Wildman–Crippen MR) is 78.2 cm³/mol. The first-order valence-corrected chi connectivity index (χ1v) is 6.22. The Labute approximate surface area is 120 Å². The van der Waals surface area contributed by atoms with E-state index in [4.69, 9.17) is 0 Å². The Balaban J connectivity index is 2.31. The zero-order chi connectivity index (χ0) is 15.4. The molecule has 108 valence electrons. The molecule has 1 N–H and O–H groups in total. The van der Waals surface area contributed by atoms with Gasteiger partial charge in [0.05, 0.1) is 15.9 Å². The van der Waals surface area contributed by atoms with Gasteiger partial charge in [-0.2, -0.15) is 0 Å². The molecule has 0 aromatic heterocycles. The number of non-ortho nitro benzene ring substituents is 2. The fourth-order valence-electron chi connectivity index (χ4n) is 1.96. The third-order valence-electron chi connectivity index (χ3n) is 3.01. The van der Waals surface area contributed by atoms with Crippen LogP contribution in [-0.4, -0.2) is 9.85 Å². The summed E-state index contributed by atoms with van der Waals surface area (Å²) in [4.78, 5) is 20.4. The third kappa shape index (κ3) is 3.53. The van der Waals surface area contributed by atoms with Crippen LogP contribution in [0.2, 0.25) is 0 Å². The van der Waals surface area contributed by atoms with Crippen molar-refractivity contribution in [2.75, 3.05) is 5.32 Å². The summed E-state index contributed by atoms with van der Waals surface area (Å²) in [7, 11) is 0. The van der Waals surface area contributed by atoms with E-state index >= 15 is 0 Å². The van der Waals surface area contributed by atoms with Gasteiger partial charge in [0.2, 0.25) is 0 Å². The van der Waals surface area contributed by atoms with Crippen LogP contribution >= 0.6 is 0 Å². The van der Waals surface area contributed by atoms with Crippen molar-refractivity contribution in [1.29, 1.82) is 0 Å². The summed E-state index contributed by atoms with van der Waals surface area (Å²) < 4.78 is 0. The van der Waals surface area contributed by atoms with Gasteiger partial charge in [0.15, 0.2) is 0 Å². The second kappa shape index (κ2) is 6.00. The number of nitrogens with zero attached hydrogens (tertiary/aromatic N) is 2. The van der Waals surface area contributed by atoms with Gasteiger partial charge in [-0.3, -0.25) is 20.2 Å². The number of nitro benzene ring substituents is 2. The average Bonchev–Trinajstić information content (AvgIpc) is 2.47. The van der Waals surface area contributed by atoms with E-state index in [0.717, 1.165) is 11.6 Å². The van der Waals surface area contributed by atoms with Crippen molar-refractivity contribution in [1.82, 2.24) is 0 Å². The van der Waals surface area contributed by atoms with Crippen LogP contribution in [0.4, 0.5) is 17.1 Å². The SMILES string of the molecule is CC(Nc1cc([N+](=O)[O-])cc([N+](=O)[O-])c1)c1ccccc1. The molecule has 2 aromatic carbocycles. The number of nitro groups is 2. The highest BCUT2D eigenvalue weighted by Crippen LogP contribution is 2.28. The van der Waals surface area contributed by atoms with E-state index < -0.39 is 9.85 Å². The van der Waals surface area contributed by atoms with E-state index in [-0.39, 0.29) is 17.4 Å². The molecule has 2 rings (SSSR count). The van der Waals surface area contributed by atoms with Gasteiger partial charge >= 0.3 is 0 Å². The first kappa shape index (κ1) is 14.4. The minimum absolute atomic E-state index is 0.132. The van der Waals surface area contributed by atoms with Crippen LogP contribution in [0, 0.1) is 20.2 Å². The molecule has 1 unspecified atom stereocenters. The normalized spacial score (nSPS) is 11.7. The molecule has 1 atom stereocenters. The summed E-state index contributed by atoms with van der Waals surface area (Å²) in [6, 6.07) is 12.8. The molecule has 0 aliphatic carbocycles. The van der Waals surface area contributed by atoms with E-state index in [1.54, 1.807) is 0 Å². The summed E-state index contributed by atoms with van der Waals surface area (Å²) in [5.74, 6) is 0. The highest BCUT2D eigenvalue weighted by Gasteiger charge is 2.17. The first-order valence-electron chi connectivity index (χ1n) is 6.22. The van der Waals surface area contributed by atoms with Gasteiger partial charge in [-0.05, 0) is 12.5 Å². The fourth-order valence-corrected chi connectivity index (χ4v) is 1.96. The van der Waals surface area contributed by atoms with Crippen LogP contribution in [0.5, 0.6) is 0 Å². The third-order valence-corrected chi connectivity index (χ3v) is 3.01. The summed E-state index contributed by atoms with van der Waals surface area (Å²) in [6.07, 6.45) is 0. The molecule has 0 fully saturated rings. The largest absolute Gasteiger partial charge is 0.378 e. The lowest BCUT2D eigenvalue weighted by Crippen LogP contribution is -2.07. The topological polar surface area (TPSA) is 98.3 Å². The lowest BCUT2D eigenvalue weighted by molar-refractivity contribution is -0.394. The molecule has 2 aromatic rings. The quantitative estimate of drug-likeness (QED) is 0.668. The Morgan fingerprint density at radius 2 is 1.48 bits per heavy atom. The molecule has 7 heteroatoms. The Hall–Kier alpha value is -2.96. The van der Waals surface area contributed by atoms with Crippen molar-refractivity contribution in [3.05, 3.63) is 74.3 Å². The van der Waals surface area contributed by atoms with E-state index in [0.29, 0.717) is 5.69 Å². The number of benzene rings is 2. The van der Waals surface area contributed by atoms with Crippen LogP contribution in [0.25, 0.3) is 0 Å². The monoisotopic (exact) mass is 287 g/mol. The highest BCUT2D eigenvalue weighted by molar-refractivity contribution is 5.59. The van der Waals surface area contributed by atoms with Gasteiger partial charge < -0.3 is 5.32 Å². The maximum atomic E-state index is 10.8. The predicted octanol–water partition coefficient (Wildman–Crippen LogP) is 3.68. The molecule has 0 heterocycles. The van der Waals surface area contributed by atoms with Crippen LogP contribution < -0.4 is 5.32 Å². The molecule has 7 nitrogen and oxygen atoms in total. The molecule has 0 amide bonds. The van der Waals surface area contributed by atoms with E-state index in [2.05, 4.69) is 5.32 Å². The summed E-state index contributed by atoms with van der Waals surface area (Å²) in [5.41, 5.74) is 0.692. The van der Waals surface area contributed by atoms with Crippen molar-refractivity contribution < 1.29 is 9.85 Å². The van der Waals surface area contributed by atoms with Crippen molar-refractivity contribution >= 4 is 17.1 Å². The number of nitrogens with one attached hydrogen (secondary N) is 1. The Kier molecular flexibility index (Phi) is 4.13. The van der Waals surface area contributed by atoms with Crippen LogP contribution in [0.3, 0.4) is 0 Å². The molecule has 0 aliphatic heterocycles. The molecule has 0 bridgehead atoms. The molecular weight excluding hydrogens is 274 g/mol. The number of hydrogen-bond acceptors (Lipinski definition) is 5. The lowest BCUT2D eigenvalue weighted by atomic mass is 10.1. The molecule has 0 aliphatic rings. The molecule has 0 saturated heterocycles. The first-order chi connectivity index (χ1) is 9.97. The number of hydrogen-bond donors (Lipinski definition) is 1. The van der Waals surface area contributed by atoms with E-state index in [9.17, 15) is 20.2 Å². The van der Waals surface area contributed by atoms with Crippen molar-refractivity contribution in [3.63, 3.8) is 0 Å². The van der Waals surface area contributed by atoms with Crippen molar-refractivity contribution in [2.24, 2.45) is 0 Å². The number of rotatable bonds is 5. The zero-order valence-electron chi connectivity index (χ0n) is 11.2. The Morgan fingerprint density at radius 1 is 0.952 bits per heavy atom. The molecular formula is C14H13N3O4. The Bertz CT molecular complexity index is 641. The second-order valence-electron chi connectivity index (χ2n) is 4.53. The summed E-state index contributed by atoms with van der Waals surface area (Å²) in [5, 5.41) is 24.7. The van der Waals surface area contributed by atoms with Gasteiger partial charge in [-0.25, -0.2) is 0 Å². The number of anilines is 1. The zero-order valence-corrected chi connectivity index (χ0v) is 11.2. The summed E-state index contributed by atoms with van der Waals surface area (Å²) in [6.45, 7) is 1.88. The molecule has 0 spiro atoms. The van der Waals surface area contributed by atoms with Gasteiger partial charge in [-0.15, -0.1) is 0 Å². The highest BCUT2D eigenvalue weighted by atomic mass is 16.6. The van der Waals surface area contributed by atoms with Crippen molar-refractivity contribution in [3.8, 4) is 0 Å². The maximum absolute atomic E-state index is 10.8. The smallest absolute Gasteiger partial charge is 0.278 e. The summed E-state index contributed by atoms with van der Waals surface area (Å²) >= 11 is 0. The minimum Gasteiger partial charge on any atom is -0.378 e. The van der Waals surface area contributed by atoms with Crippen LogP contribution in [0.15, 0.2) is 48.5 Å². The van der Waals surface area contributed by atoms with E-state index in [1.807, 2.05) is 37.3 Å². The molecule has 0 radical (unpaired) electrons. The standard InChI is InChI=1S/C14H13N3O4/c1-10(11-5-3-2-4-6-11)15-12-7-13(16(18)19)9-14(8-12)17(20)21/h2-10,15H,1H3. The van der Waals surface area contributed by atoms with Gasteiger partial charge in [0.25, 0.3) is 11.4 Å². The average molecular weight is 287 g/mol. The molecule has 0 saturated carbocycles. The second-order valence-corrected chi connectivity index (χ2v) is 4.53. The fraction of sp³-hybridized carbons (Fsp3) is 0.143. The van der Waals surface area contributed by atoms with Gasteiger partial charge in [0.1, 0.15) is 0 Å². The Morgan fingerprint density at radius 3 is 1.95 bits per heavy atom. The van der Waals surface area contributed by atoms with Crippen LogP contribution in [-0.2, 0) is 0 Å². The van der Waals surface area contributed by atoms with Gasteiger partial charge in [-0.1, -0.05) is 30.3 Å². The molecule has 21 heavy (non-hydrogen) atoms. The van der Waals surface area contributed by atoms with Gasteiger partial charge in [0, 0.05) is 23.9 Å². The van der Waals surface area contributed by atoms with Crippen molar-refractivity contribution in [2.45, 2.75) is 13.0 Å².